The molecule has 0 aliphatic rings. The van der Waals surface area contributed by atoms with E-state index in [9.17, 15) is 15.3 Å². The highest BCUT2D eigenvalue weighted by molar-refractivity contribution is 5.41. The third kappa shape index (κ3) is 9.70. The zero-order valence-corrected chi connectivity index (χ0v) is 20.8. The second-order valence-electron chi connectivity index (χ2n) is 8.87. The monoisotopic (exact) mass is 464 g/mol. The lowest BCUT2D eigenvalue weighted by atomic mass is 9.78. The topological polar surface area (TPSA) is 77.8 Å². The number of para-hydroxylation sites is 1. The number of phenols is 3. The van der Waals surface area contributed by atoms with Crippen molar-refractivity contribution in [2.75, 3.05) is 0 Å². The summed E-state index contributed by atoms with van der Waals surface area (Å²) in [5.74, 6) is 0.997. The molecule has 34 heavy (non-hydrogen) atoms. The first kappa shape index (κ1) is 28.8. The van der Waals surface area contributed by atoms with Crippen molar-refractivity contribution in [3.8, 4) is 17.2 Å². The molecule has 0 fully saturated rings. The normalized spacial score (nSPS) is 10.4. The van der Waals surface area contributed by atoms with Gasteiger partial charge in [0, 0.05) is 5.41 Å². The predicted octanol–water partition coefficient (Wildman–Crippen LogP) is 7.53. The highest BCUT2D eigenvalue weighted by Crippen LogP contribution is 2.32. The predicted molar refractivity (Wildman–Crippen MR) is 141 cm³/mol. The van der Waals surface area contributed by atoms with Gasteiger partial charge in [0.05, 0.1) is 0 Å². The Hall–Kier alpha value is -3.27. The molecule has 0 spiro atoms. The van der Waals surface area contributed by atoms with E-state index < -0.39 is 0 Å². The Morgan fingerprint density at radius 3 is 1.56 bits per heavy atom. The van der Waals surface area contributed by atoms with Crippen LogP contribution in [0.5, 0.6) is 17.2 Å². The summed E-state index contributed by atoms with van der Waals surface area (Å²) in [7, 11) is 0. The van der Waals surface area contributed by atoms with E-state index in [0.717, 1.165) is 23.1 Å². The second kappa shape index (κ2) is 15.5. The number of carbonyl (C=O) groups is 1. The number of hydrogen-bond acceptors (Lipinski definition) is 4. The minimum Gasteiger partial charge on any atom is -0.508 e. The maximum absolute atomic E-state index is 9.55. The quantitative estimate of drug-likeness (QED) is 0.286. The molecule has 0 aromatic heterocycles. The SMILES string of the molecule is C=O.CC(C)(c1ccc(O)cc1)c1ccc(O)cc1.CCCCCCCCc1ccccc1O. The molecule has 0 heterocycles. The van der Waals surface area contributed by atoms with E-state index in [1.54, 1.807) is 30.3 Å². The van der Waals surface area contributed by atoms with Crippen LogP contribution in [0.4, 0.5) is 0 Å². The molecular weight excluding hydrogens is 424 g/mol. The van der Waals surface area contributed by atoms with Crippen LogP contribution in [0.2, 0.25) is 0 Å². The first-order valence-corrected chi connectivity index (χ1v) is 12.0. The van der Waals surface area contributed by atoms with Gasteiger partial charge in [0.15, 0.2) is 0 Å². The van der Waals surface area contributed by atoms with E-state index >= 15 is 0 Å². The van der Waals surface area contributed by atoms with Crippen LogP contribution >= 0.6 is 0 Å². The van der Waals surface area contributed by atoms with Gasteiger partial charge in [-0.1, -0.05) is 95.3 Å². The average Bonchev–Trinajstić information content (AvgIpc) is 2.85. The Balaban J connectivity index is 0.000000320. The average molecular weight is 465 g/mol. The van der Waals surface area contributed by atoms with E-state index in [-0.39, 0.29) is 16.9 Å². The minimum atomic E-state index is -0.151. The smallest absolute Gasteiger partial charge is 0.118 e. The molecule has 0 bridgehead atoms. The maximum Gasteiger partial charge on any atom is 0.118 e. The van der Waals surface area contributed by atoms with Gasteiger partial charge in [0.1, 0.15) is 24.0 Å². The van der Waals surface area contributed by atoms with Gasteiger partial charge < -0.3 is 20.1 Å². The molecule has 0 saturated carbocycles. The van der Waals surface area contributed by atoms with Gasteiger partial charge in [-0.25, -0.2) is 0 Å². The summed E-state index contributed by atoms with van der Waals surface area (Å²) < 4.78 is 0. The van der Waals surface area contributed by atoms with Crippen molar-refractivity contribution >= 4 is 6.79 Å². The van der Waals surface area contributed by atoms with Gasteiger partial charge in [-0.15, -0.1) is 0 Å². The molecule has 0 aliphatic heterocycles. The number of phenolic OH excluding ortho intramolecular Hbond substituents is 3. The summed E-state index contributed by atoms with van der Waals surface area (Å²) in [6.07, 6.45) is 8.85. The number of aromatic hydroxyl groups is 3. The van der Waals surface area contributed by atoms with Crippen LogP contribution < -0.4 is 0 Å². The molecule has 0 radical (unpaired) electrons. The Morgan fingerprint density at radius 2 is 1.09 bits per heavy atom. The molecule has 0 amide bonds. The fourth-order valence-electron chi connectivity index (χ4n) is 3.74. The lowest BCUT2D eigenvalue weighted by Gasteiger charge is -2.26. The minimum absolute atomic E-state index is 0.151. The van der Waals surface area contributed by atoms with Crippen LogP contribution in [0.1, 0.15) is 76.0 Å². The van der Waals surface area contributed by atoms with Crippen molar-refractivity contribution in [1.29, 1.82) is 0 Å². The van der Waals surface area contributed by atoms with Gasteiger partial charge in [0.2, 0.25) is 0 Å². The fourth-order valence-corrected chi connectivity index (χ4v) is 3.74. The molecule has 3 rings (SSSR count). The lowest BCUT2D eigenvalue weighted by Crippen LogP contribution is -2.18. The summed E-state index contributed by atoms with van der Waals surface area (Å²) in [6, 6.07) is 22.1. The molecule has 4 nitrogen and oxygen atoms in total. The number of benzene rings is 3. The van der Waals surface area contributed by atoms with Crippen molar-refractivity contribution in [3.05, 3.63) is 89.5 Å². The highest BCUT2D eigenvalue weighted by Gasteiger charge is 2.22. The molecule has 0 atom stereocenters. The third-order valence-electron chi connectivity index (χ3n) is 5.97. The molecule has 184 valence electrons. The zero-order valence-electron chi connectivity index (χ0n) is 20.8. The van der Waals surface area contributed by atoms with Crippen LogP contribution in [-0.4, -0.2) is 22.1 Å². The molecule has 3 aromatic rings. The summed E-state index contributed by atoms with van der Waals surface area (Å²) in [5.41, 5.74) is 3.19. The van der Waals surface area contributed by atoms with Crippen molar-refractivity contribution in [3.63, 3.8) is 0 Å². The Labute approximate surface area is 204 Å². The number of unbranched alkanes of at least 4 members (excludes halogenated alkanes) is 5. The first-order valence-electron chi connectivity index (χ1n) is 12.0. The van der Waals surface area contributed by atoms with E-state index in [2.05, 4.69) is 20.8 Å². The standard InChI is InChI=1S/C15H16O2.C14H22O.CH2O/c1-15(2,11-3-7-13(16)8-4-11)12-5-9-14(17)10-6-12;1-2-3-4-5-6-7-10-13-11-8-9-12-14(13)15;1-2/h3-10,16-17H,1-2H3;8-9,11-12,15H,2-7,10H2,1H3;1H2. The van der Waals surface area contributed by atoms with Crippen molar-refractivity contribution in [2.24, 2.45) is 0 Å². The van der Waals surface area contributed by atoms with Crippen LogP contribution in [0.25, 0.3) is 0 Å². The second-order valence-corrected chi connectivity index (χ2v) is 8.87. The Kier molecular flexibility index (Phi) is 13.2. The zero-order chi connectivity index (χ0) is 25.4. The molecular formula is C30H40O4. The van der Waals surface area contributed by atoms with Gasteiger partial charge in [-0.3, -0.25) is 0 Å². The highest BCUT2D eigenvalue weighted by atomic mass is 16.3. The van der Waals surface area contributed by atoms with Gasteiger partial charge in [0.25, 0.3) is 0 Å². The van der Waals surface area contributed by atoms with Gasteiger partial charge in [-0.2, -0.15) is 0 Å². The molecule has 3 N–H and O–H groups in total. The van der Waals surface area contributed by atoms with E-state index in [1.807, 2.05) is 49.3 Å². The van der Waals surface area contributed by atoms with Crippen molar-refractivity contribution < 1.29 is 20.1 Å². The number of aryl methyl sites for hydroxylation is 1. The molecule has 0 unspecified atom stereocenters. The maximum atomic E-state index is 9.55. The number of hydrogen-bond donors (Lipinski definition) is 3. The Bertz CT molecular complexity index is 883. The number of carbonyl (C=O) groups excluding carboxylic acids is 1. The summed E-state index contributed by atoms with van der Waals surface area (Å²) >= 11 is 0. The van der Waals surface area contributed by atoms with E-state index in [4.69, 9.17) is 4.79 Å². The summed E-state index contributed by atoms with van der Waals surface area (Å²) in [4.78, 5) is 8.00. The molecule has 4 heteroatoms. The van der Waals surface area contributed by atoms with Gasteiger partial charge >= 0.3 is 0 Å². The van der Waals surface area contributed by atoms with E-state index in [0.29, 0.717) is 5.75 Å². The van der Waals surface area contributed by atoms with E-state index in [1.165, 1.54) is 38.5 Å². The lowest BCUT2D eigenvalue weighted by molar-refractivity contribution is -0.0980. The van der Waals surface area contributed by atoms with Crippen LogP contribution in [-0.2, 0) is 16.6 Å². The summed E-state index contributed by atoms with van der Waals surface area (Å²) in [5, 5.41) is 28.1. The molecule has 0 saturated heterocycles. The fraction of sp³-hybridized carbons (Fsp3) is 0.367. The van der Waals surface area contributed by atoms with Crippen molar-refractivity contribution in [1.82, 2.24) is 0 Å². The largest absolute Gasteiger partial charge is 0.508 e. The summed E-state index contributed by atoms with van der Waals surface area (Å²) in [6.45, 7) is 8.47. The molecule has 3 aromatic carbocycles. The third-order valence-corrected chi connectivity index (χ3v) is 5.97. The Morgan fingerprint density at radius 1 is 0.647 bits per heavy atom. The van der Waals surface area contributed by atoms with Crippen LogP contribution in [0.3, 0.4) is 0 Å². The molecule has 0 aliphatic carbocycles. The van der Waals surface area contributed by atoms with Crippen LogP contribution in [0.15, 0.2) is 72.8 Å². The van der Waals surface area contributed by atoms with Crippen molar-refractivity contribution in [2.45, 2.75) is 71.1 Å². The van der Waals surface area contributed by atoms with Crippen LogP contribution in [0, 0.1) is 0 Å². The number of rotatable bonds is 9. The first-order chi connectivity index (χ1) is 16.3. The van der Waals surface area contributed by atoms with Gasteiger partial charge in [-0.05, 0) is 59.9 Å².